The third-order valence-electron chi connectivity index (χ3n) is 5.48. The number of nitrogens with one attached hydrogen (secondary N) is 1. The minimum Gasteiger partial charge on any atom is -0.326 e. The smallest absolute Gasteiger partial charge is 0.284 e. The second-order valence-electron chi connectivity index (χ2n) is 8.08. The van der Waals surface area contributed by atoms with Crippen molar-refractivity contribution in [3.8, 4) is 0 Å². The summed E-state index contributed by atoms with van der Waals surface area (Å²) in [7, 11) is -4.06. The summed E-state index contributed by atoms with van der Waals surface area (Å²) < 4.78 is 30.1. The quantitative estimate of drug-likeness (QED) is 0.497. The normalized spacial score (nSPS) is 17.1. The lowest BCUT2D eigenvalue weighted by Crippen LogP contribution is -2.33. The molecule has 7 nitrogen and oxygen atoms in total. The van der Waals surface area contributed by atoms with Crippen molar-refractivity contribution in [2.75, 3.05) is 10.2 Å². The number of nitrogens with zero attached hydrogens (tertiary/aromatic N) is 2. The van der Waals surface area contributed by atoms with Gasteiger partial charge in [-0.2, -0.15) is 8.42 Å². The second kappa shape index (κ2) is 10.5. The van der Waals surface area contributed by atoms with Crippen LogP contribution in [0.25, 0.3) is 0 Å². The van der Waals surface area contributed by atoms with Crippen LogP contribution in [0.4, 0.5) is 11.4 Å². The number of thioether (sulfide) groups is 1. The zero-order chi connectivity index (χ0) is 25.0. The first kappa shape index (κ1) is 24.7. The molecule has 1 unspecified atom stereocenters. The highest BCUT2D eigenvalue weighted by atomic mass is 32.2. The molecule has 1 heterocycles. The Morgan fingerprint density at radius 1 is 1.00 bits per heavy atom. The molecule has 0 radical (unpaired) electrons. The highest BCUT2D eigenvalue weighted by Crippen LogP contribution is 2.35. The van der Waals surface area contributed by atoms with Crippen molar-refractivity contribution in [3.05, 3.63) is 90.0 Å². The molecule has 1 saturated heterocycles. The molecule has 1 aliphatic rings. The molecular weight excluding hydrogens is 482 g/mol. The van der Waals surface area contributed by atoms with Gasteiger partial charge in [0, 0.05) is 12.1 Å². The number of rotatable bonds is 7. The number of para-hydroxylation sites is 1. The second-order valence-corrected chi connectivity index (χ2v) is 10.9. The fourth-order valence-electron chi connectivity index (χ4n) is 3.54. The van der Waals surface area contributed by atoms with Gasteiger partial charge in [-0.1, -0.05) is 66.7 Å². The van der Waals surface area contributed by atoms with Crippen molar-refractivity contribution in [1.82, 2.24) is 0 Å². The molecule has 3 aromatic carbocycles. The van der Waals surface area contributed by atoms with E-state index in [1.54, 1.807) is 54.6 Å². The van der Waals surface area contributed by atoms with E-state index in [1.807, 2.05) is 26.0 Å². The maximum absolute atomic E-state index is 13.3. The molecule has 2 amide bonds. The van der Waals surface area contributed by atoms with Crippen LogP contribution in [-0.4, -0.2) is 30.6 Å². The number of amidine groups is 1. The highest BCUT2D eigenvalue weighted by molar-refractivity contribution is 8.16. The third kappa shape index (κ3) is 5.80. The molecule has 35 heavy (non-hydrogen) atoms. The largest absolute Gasteiger partial charge is 0.326 e. The molecular formula is C26H25N3O4S2. The lowest BCUT2D eigenvalue weighted by Gasteiger charge is -2.16. The number of amides is 2. The van der Waals surface area contributed by atoms with Gasteiger partial charge >= 0.3 is 0 Å². The molecule has 0 spiro atoms. The Labute approximate surface area is 209 Å². The van der Waals surface area contributed by atoms with E-state index >= 15 is 0 Å². The first-order valence-electron chi connectivity index (χ1n) is 11.1. The number of carbonyl (C=O) groups is 2. The van der Waals surface area contributed by atoms with Gasteiger partial charge in [0.25, 0.3) is 10.0 Å². The van der Waals surface area contributed by atoms with Crippen molar-refractivity contribution < 1.29 is 18.0 Å². The molecule has 0 aliphatic carbocycles. The van der Waals surface area contributed by atoms with Crippen molar-refractivity contribution in [2.45, 2.75) is 36.8 Å². The summed E-state index contributed by atoms with van der Waals surface area (Å²) in [6.45, 7) is 3.93. The molecule has 3 aromatic rings. The number of aryl methyl sites for hydroxylation is 2. The van der Waals surface area contributed by atoms with Gasteiger partial charge in [-0.3, -0.25) is 14.5 Å². The highest BCUT2D eigenvalue weighted by Gasteiger charge is 2.41. The van der Waals surface area contributed by atoms with Crippen LogP contribution >= 0.6 is 11.8 Å². The summed E-state index contributed by atoms with van der Waals surface area (Å²) in [5, 5.41) is 2.00. The molecule has 0 aromatic heterocycles. The monoisotopic (exact) mass is 507 g/mol. The summed E-state index contributed by atoms with van der Waals surface area (Å²) in [6.07, 6.45) is 0.665. The standard InChI is InChI=1S/C26H25N3O4S2/c1-3-19-11-15-22(16-12-19)35(32,33)28-26-29(21-7-5-4-6-8-21)25(31)23(34-26)17-24(30)27-20-13-9-18(2)10-14-20/h4-16,23H,3,17H2,1-2H3,(H,27,30)/b28-26+. The van der Waals surface area contributed by atoms with Crippen LogP contribution in [0.2, 0.25) is 0 Å². The van der Waals surface area contributed by atoms with Crippen molar-refractivity contribution >= 4 is 50.1 Å². The fourth-order valence-corrected chi connectivity index (χ4v) is 5.88. The van der Waals surface area contributed by atoms with Gasteiger partial charge < -0.3 is 5.32 Å². The summed E-state index contributed by atoms with van der Waals surface area (Å²) in [4.78, 5) is 27.3. The Kier molecular flexibility index (Phi) is 7.37. The van der Waals surface area contributed by atoms with Gasteiger partial charge in [-0.15, -0.1) is 4.40 Å². The molecule has 9 heteroatoms. The Morgan fingerprint density at radius 2 is 1.66 bits per heavy atom. The van der Waals surface area contributed by atoms with E-state index in [4.69, 9.17) is 0 Å². The SMILES string of the molecule is CCc1ccc(S(=O)(=O)/N=C2/SC(CC(=O)Nc3ccc(C)cc3)C(=O)N2c2ccccc2)cc1. The van der Waals surface area contributed by atoms with Gasteiger partial charge in [0.1, 0.15) is 5.25 Å². The Hall–Kier alpha value is -3.43. The van der Waals surface area contributed by atoms with Crippen LogP contribution in [0.1, 0.15) is 24.5 Å². The maximum Gasteiger partial charge on any atom is 0.284 e. The number of hydrogen-bond donors (Lipinski definition) is 1. The average Bonchev–Trinajstić information content (AvgIpc) is 3.14. The molecule has 4 rings (SSSR count). The lowest BCUT2D eigenvalue weighted by molar-refractivity contribution is -0.121. The van der Waals surface area contributed by atoms with E-state index in [-0.39, 0.29) is 22.4 Å². The first-order chi connectivity index (χ1) is 16.8. The number of carbonyl (C=O) groups excluding carboxylic acids is 2. The number of sulfonamides is 1. The maximum atomic E-state index is 13.3. The van der Waals surface area contributed by atoms with Crippen molar-refractivity contribution in [2.24, 2.45) is 4.40 Å². The van der Waals surface area contributed by atoms with E-state index < -0.39 is 21.2 Å². The van der Waals surface area contributed by atoms with Crippen LogP contribution in [0, 0.1) is 6.92 Å². The van der Waals surface area contributed by atoms with E-state index in [0.29, 0.717) is 11.4 Å². The minimum atomic E-state index is -4.06. The zero-order valence-corrected chi connectivity index (χ0v) is 21.0. The number of benzene rings is 3. The molecule has 180 valence electrons. The van der Waals surface area contributed by atoms with E-state index in [9.17, 15) is 18.0 Å². The van der Waals surface area contributed by atoms with Crippen LogP contribution < -0.4 is 10.2 Å². The molecule has 1 atom stereocenters. The van der Waals surface area contributed by atoms with Crippen LogP contribution in [0.5, 0.6) is 0 Å². The predicted molar refractivity (Wildman–Crippen MR) is 140 cm³/mol. The van der Waals surface area contributed by atoms with Crippen molar-refractivity contribution in [1.29, 1.82) is 0 Å². The van der Waals surface area contributed by atoms with E-state index in [1.165, 1.54) is 17.0 Å². The zero-order valence-electron chi connectivity index (χ0n) is 19.3. The first-order valence-corrected chi connectivity index (χ1v) is 13.4. The van der Waals surface area contributed by atoms with Crippen LogP contribution in [0.15, 0.2) is 88.2 Å². The summed E-state index contributed by atoms with van der Waals surface area (Å²) in [6, 6.07) is 22.5. The van der Waals surface area contributed by atoms with Gasteiger partial charge in [-0.05, 0) is 55.3 Å². The van der Waals surface area contributed by atoms with Crippen LogP contribution in [-0.2, 0) is 26.0 Å². The predicted octanol–water partition coefficient (Wildman–Crippen LogP) is 4.78. The number of anilines is 2. The molecule has 1 fully saturated rings. The summed E-state index contributed by atoms with van der Waals surface area (Å²) in [5.74, 6) is -0.734. The van der Waals surface area contributed by atoms with Gasteiger partial charge in [-0.25, -0.2) is 0 Å². The van der Waals surface area contributed by atoms with Gasteiger partial charge in [0.05, 0.1) is 10.6 Å². The van der Waals surface area contributed by atoms with E-state index in [0.717, 1.165) is 29.3 Å². The lowest BCUT2D eigenvalue weighted by atomic mass is 10.2. The Balaban J connectivity index is 1.61. The Bertz CT molecular complexity index is 1350. The molecule has 0 saturated carbocycles. The summed E-state index contributed by atoms with van der Waals surface area (Å²) in [5.41, 5.74) is 3.19. The van der Waals surface area contributed by atoms with Crippen molar-refractivity contribution in [3.63, 3.8) is 0 Å². The number of hydrogen-bond acceptors (Lipinski definition) is 5. The fraction of sp³-hybridized carbons (Fsp3) is 0.192. The van der Waals surface area contributed by atoms with Gasteiger partial charge in [0.2, 0.25) is 11.8 Å². The third-order valence-corrected chi connectivity index (χ3v) is 8.02. The topological polar surface area (TPSA) is 95.9 Å². The average molecular weight is 508 g/mol. The molecule has 1 N–H and O–H groups in total. The Morgan fingerprint density at radius 3 is 2.29 bits per heavy atom. The molecule has 1 aliphatic heterocycles. The van der Waals surface area contributed by atoms with Gasteiger partial charge in [0.15, 0.2) is 5.17 Å². The van der Waals surface area contributed by atoms with E-state index in [2.05, 4.69) is 9.71 Å². The minimum absolute atomic E-state index is 0.0221. The molecule has 0 bridgehead atoms. The summed E-state index contributed by atoms with van der Waals surface area (Å²) >= 11 is 0.979. The van der Waals surface area contributed by atoms with Crippen LogP contribution in [0.3, 0.4) is 0 Å².